The normalized spacial score (nSPS) is 21.0. The Morgan fingerprint density at radius 1 is 1.30 bits per heavy atom. The molecule has 5 nitrogen and oxygen atoms in total. The molecule has 1 heterocycles. The molecule has 149 valence electrons. The first-order valence-corrected chi connectivity index (χ1v) is 8.89. The molecule has 1 aromatic carbocycles. The molecular weight excluding hydrogens is 358 g/mol. The minimum Gasteiger partial charge on any atom is -0.444 e. The van der Waals surface area contributed by atoms with Gasteiger partial charge < -0.3 is 20.7 Å². The maximum Gasteiger partial charge on any atom is 0.415 e. The number of carbonyl (C=O) groups is 1. The predicted molar refractivity (Wildman–Crippen MR) is 101 cm³/mol. The standard InChI is InChI=1S/C18H26BF3N3O2/c1-17(2,3)27-16(26)25-9-11(23)7-13(10-25)24-12-5-6-15(19-4)14(8-12)18(20,21)22/h5-6,8,11,13,24H,7,9-10,23H2,1-4H3/t11-,13+/m0/s1. The molecule has 1 aliphatic rings. The number of anilines is 1. The van der Waals surface area contributed by atoms with Gasteiger partial charge in [-0.2, -0.15) is 13.2 Å². The van der Waals surface area contributed by atoms with Gasteiger partial charge in [-0.1, -0.05) is 18.4 Å². The molecule has 27 heavy (non-hydrogen) atoms. The summed E-state index contributed by atoms with van der Waals surface area (Å²) >= 11 is 0. The second-order valence-corrected chi connectivity index (χ2v) is 7.81. The Balaban J connectivity index is 2.13. The largest absolute Gasteiger partial charge is 0.444 e. The van der Waals surface area contributed by atoms with E-state index in [1.54, 1.807) is 33.7 Å². The number of carbonyl (C=O) groups excluding carboxylic acids is 1. The van der Waals surface area contributed by atoms with Gasteiger partial charge in [-0.05, 0) is 39.3 Å². The van der Waals surface area contributed by atoms with Gasteiger partial charge in [-0.15, -0.1) is 0 Å². The van der Waals surface area contributed by atoms with E-state index in [1.807, 2.05) is 0 Å². The van der Waals surface area contributed by atoms with Crippen molar-refractivity contribution in [3.05, 3.63) is 23.8 Å². The highest BCUT2D eigenvalue weighted by molar-refractivity contribution is 6.52. The quantitative estimate of drug-likeness (QED) is 0.787. The zero-order chi connectivity index (χ0) is 20.4. The van der Waals surface area contributed by atoms with Crippen LogP contribution >= 0.6 is 0 Å². The summed E-state index contributed by atoms with van der Waals surface area (Å²) in [5, 5.41) is 3.08. The van der Waals surface area contributed by atoms with Crippen LogP contribution in [0.5, 0.6) is 0 Å². The number of nitrogens with one attached hydrogen (secondary N) is 1. The molecule has 1 fully saturated rings. The van der Waals surface area contributed by atoms with Crippen LogP contribution in [-0.4, -0.2) is 49.0 Å². The lowest BCUT2D eigenvalue weighted by atomic mass is 9.70. The Morgan fingerprint density at radius 2 is 1.96 bits per heavy atom. The average Bonchev–Trinajstić information content (AvgIpc) is 2.52. The second-order valence-electron chi connectivity index (χ2n) is 7.81. The molecule has 0 saturated carbocycles. The summed E-state index contributed by atoms with van der Waals surface area (Å²) in [5.41, 5.74) is 5.19. The number of likely N-dealkylation sites (tertiary alicyclic amines) is 1. The van der Waals surface area contributed by atoms with Crippen molar-refractivity contribution in [3.8, 4) is 0 Å². The van der Waals surface area contributed by atoms with E-state index in [4.69, 9.17) is 10.5 Å². The lowest BCUT2D eigenvalue weighted by molar-refractivity contribution is -0.136. The number of piperidine rings is 1. The lowest BCUT2D eigenvalue weighted by Gasteiger charge is -2.37. The van der Waals surface area contributed by atoms with E-state index < -0.39 is 23.4 Å². The number of hydrogen-bond donors (Lipinski definition) is 2. The first-order chi connectivity index (χ1) is 12.4. The van der Waals surface area contributed by atoms with Crippen molar-refractivity contribution in [1.29, 1.82) is 0 Å². The number of alkyl halides is 3. The highest BCUT2D eigenvalue weighted by Gasteiger charge is 2.34. The molecule has 1 aliphatic heterocycles. The molecule has 9 heteroatoms. The van der Waals surface area contributed by atoms with Crippen molar-refractivity contribution in [1.82, 2.24) is 4.90 Å². The van der Waals surface area contributed by atoms with Crippen LogP contribution in [0.2, 0.25) is 6.82 Å². The molecule has 0 bridgehead atoms. The molecule has 1 amide bonds. The number of ether oxygens (including phenoxy) is 1. The summed E-state index contributed by atoms with van der Waals surface area (Å²) in [6, 6.07) is 3.57. The van der Waals surface area contributed by atoms with Crippen LogP contribution in [0.25, 0.3) is 0 Å². The van der Waals surface area contributed by atoms with Gasteiger partial charge in [-0.25, -0.2) is 4.79 Å². The van der Waals surface area contributed by atoms with Gasteiger partial charge >= 0.3 is 12.3 Å². The van der Waals surface area contributed by atoms with Crippen LogP contribution in [0.15, 0.2) is 18.2 Å². The van der Waals surface area contributed by atoms with Crippen LogP contribution in [0, 0.1) is 0 Å². The van der Waals surface area contributed by atoms with Gasteiger partial charge in [0.1, 0.15) is 12.9 Å². The number of nitrogens with zero attached hydrogens (tertiary/aromatic N) is 1. The molecule has 0 aliphatic carbocycles. The zero-order valence-corrected chi connectivity index (χ0v) is 16.1. The Bertz CT molecular complexity index is 677. The summed E-state index contributed by atoms with van der Waals surface area (Å²) in [5.74, 6) is 0. The van der Waals surface area contributed by atoms with Gasteiger partial charge in [0.05, 0.1) is 5.56 Å². The predicted octanol–water partition coefficient (Wildman–Crippen LogP) is 2.83. The second kappa shape index (κ2) is 8.00. The van der Waals surface area contributed by atoms with Crippen molar-refractivity contribution in [2.24, 2.45) is 5.73 Å². The van der Waals surface area contributed by atoms with Crippen molar-refractivity contribution in [2.45, 2.75) is 57.9 Å². The molecule has 0 spiro atoms. The highest BCUT2D eigenvalue weighted by atomic mass is 19.4. The average molecular weight is 384 g/mol. The van der Waals surface area contributed by atoms with Crippen molar-refractivity contribution in [3.63, 3.8) is 0 Å². The van der Waals surface area contributed by atoms with Gasteiger partial charge in [0.2, 0.25) is 0 Å². The maximum atomic E-state index is 13.2. The third kappa shape index (κ3) is 6.05. The molecule has 0 aromatic heterocycles. The van der Waals surface area contributed by atoms with Crippen LogP contribution in [0.3, 0.4) is 0 Å². The Morgan fingerprint density at radius 3 is 2.52 bits per heavy atom. The molecule has 2 rings (SSSR count). The smallest absolute Gasteiger partial charge is 0.415 e. The Kier molecular flexibility index (Phi) is 6.34. The first kappa shape index (κ1) is 21.4. The monoisotopic (exact) mass is 384 g/mol. The van der Waals surface area contributed by atoms with Crippen molar-refractivity contribution >= 4 is 24.5 Å². The Labute approximate surface area is 158 Å². The summed E-state index contributed by atoms with van der Waals surface area (Å²) < 4.78 is 45.1. The summed E-state index contributed by atoms with van der Waals surface area (Å²) in [6.45, 7) is 7.55. The van der Waals surface area contributed by atoms with Crippen LogP contribution in [-0.2, 0) is 10.9 Å². The number of amides is 1. The zero-order valence-electron chi connectivity index (χ0n) is 16.1. The van der Waals surface area contributed by atoms with E-state index in [9.17, 15) is 18.0 Å². The van der Waals surface area contributed by atoms with Gasteiger partial charge in [-0.3, -0.25) is 0 Å². The van der Waals surface area contributed by atoms with Crippen molar-refractivity contribution in [2.75, 3.05) is 18.4 Å². The van der Waals surface area contributed by atoms with Crippen LogP contribution < -0.4 is 16.5 Å². The summed E-state index contributed by atoms with van der Waals surface area (Å²) in [7, 11) is 1.42. The van der Waals surface area contributed by atoms with Gasteiger partial charge in [0.25, 0.3) is 0 Å². The summed E-state index contributed by atoms with van der Waals surface area (Å²) in [6.07, 6.45) is -4.37. The number of nitrogens with two attached hydrogens (primary N) is 1. The fraction of sp³-hybridized carbons (Fsp3) is 0.611. The van der Waals surface area contributed by atoms with E-state index in [2.05, 4.69) is 5.32 Å². The molecule has 1 radical (unpaired) electrons. The number of benzene rings is 1. The Hall–Kier alpha value is -1.90. The van der Waals surface area contributed by atoms with E-state index in [-0.39, 0.29) is 17.5 Å². The van der Waals surface area contributed by atoms with E-state index >= 15 is 0 Å². The van der Waals surface area contributed by atoms with E-state index in [1.165, 1.54) is 18.2 Å². The van der Waals surface area contributed by atoms with Gasteiger partial charge in [0.15, 0.2) is 0 Å². The first-order valence-electron chi connectivity index (χ1n) is 8.89. The summed E-state index contributed by atoms with van der Waals surface area (Å²) in [4.78, 5) is 13.8. The highest BCUT2D eigenvalue weighted by Crippen LogP contribution is 2.30. The molecule has 2 atom stereocenters. The number of halogens is 3. The third-order valence-corrected chi connectivity index (χ3v) is 4.18. The molecule has 0 unspecified atom stereocenters. The van der Waals surface area contributed by atoms with Crippen molar-refractivity contribution < 1.29 is 22.7 Å². The van der Waals surface area contributed by atoms with Crippen LogP contribution in [0.4, 0.5) is 23.7 Å². The van der Waals surface area contributed by atoms with Crippen LogP contribution in [0.1, 0.15) is 32.8 Å². The molecule has 3 N–H and O–H groups in total. The van der Waals surface area contributed by atoms with Gasteiger partial charge in [0, 0.05) is 30.9 Å². The number of hydrogen-bond acceptors (Lipinski definition) is 4. The minimum atomic E-state index is -4.44. The lowest BCUT2D eigenvalue weighted by Crippen LogP contribution is -2.54. The van der Waals surface area contributed by atoms with E-state index in [0.717, 1.165) is 6.07 Å². The topological polar surface area (TPSA) is 67.6 Å². The SMILES string of the molecule is C[B]c1ccc(N[C@@H]2C[C@H](N)CN(C(=O)OC(C)(C)C)C2)cc1C(F)(F)F. The number of rotatable bonds is 3. The van der Waals surface area contributed by atoms with E-state index in [0.29, 0.717) is 25.2 Å². The molecule has 1 aromatic rings. The maximum absolute atomic E-state index is 13.2. The molecule has 1 saturated heterocycles. The molecular formula is C18H26BF3N3O2. The minimum absolute atomic E-state index is 0.128. The fourth-order valence-electron chi connectivity index (χ4n) is 3.10. The third-order valence-electron chi connectivity index (χ3n) is 4.18. The fourth-order valence-corrected chi connectivity index (χ4v) is 3.10.